The summed E-state index contributed by atoms with van der Waals surface area (Å²) >= 11 is 0. The highest BCUT2D eigenvalue weighted by Crippen LogP contribution is 2.45. The van der Waals surface area contributed by atoms with Crippen LogP contribution in [0.25, 0.3) is 0 Å². The van der Waals surface area contributed by atoms with Crippen LogP contribution in [0, 0.1) is 11.3 Å². The average molecular weight is 225 g/mol. The van der Waals surface area contributed by atoms with Crippen molar-refractivity contribution < 1.29 is 14.3 Å². The molecule has 16 heavy (non-hydrogen) atoms. The third-order valence-corrected chi connectivity index (χ3v) is 4.13. The monoisotopic (exact) mass is 225 g/mol. The maximum absolute atomic E-state index is 11.7. The Labute approximate surface area is 95.7 Å². The maximum atomic E-state index is 11.7. The minimum absolute atomic E-state index is 0.0804. The number of hydrogen-bond acceptors (Lipinski definition) is 3. The van der Waals surface area contributed by atoms with Crippen LogP contribution in [0.1, 0.15) is 39.5 Å². The number of imide groups is 1. The van der Waals surface area contributed by atoms with Crippen LogP contribution in [-0.2, 0) is 14.3 Å². The van der Waals surface area contributed by atoms with Crippen molar-refractivity contribution in [2.24, 2.45) is 11.3 Å². The standard InChI is InChI=1S/C12H19NO3/c1-3-9-6-12(4-5-16-9)7-10(14)13-11(15)8(12)2/h8-9H,3-7H2,1-2H3,(H,13,14,15). The smallest absolute Gasteiger partial charge is 0.229 e. The first-order valence-corrected chi connectivity index (χ1v) is 6.03. The molecule has 0 aliphatic carbocycles. The molecule has 2 aliphatic heterocycles. The predicted molar refractivity (Wildman–Crippen MR) is 58.6 cm³/mol. The molecule has 4 nitrogen and oxygen atoms in total. The summed E-state index contributed by atoms with van der Waals surface area (Å²) in [7, 11) is 0. The molecule has 2 amide bonds. The van der Waals surface area contributed by atoms with Gasteiger partial charge in [0, 0.05) is 18.9 Å². The Hall–Kier alpha value is -0.900. The zero-order valence-electron chi connectivity index (χ0n) is 9.91. The fraction of sp³-hybridized carbons (Fsp3) is 0.833. The molecule has 0 aromatic carbocycles. The highest BCUT2D eigenvalue weighted by atomic mass is 16.5. The lowest BCUT2D eigenvalue weighted by atomic mass is 9.64. The third-order valence-electron chi connectivity index (χ3n) is 4.13. The lowest BCUT2D eigenvalue weighted by Crippen LogP contribution is -2.54. The van der Waals surface area contributed by atoms with Crippen molar-refractivity contribution in [1.29, 1.82) is 0 Å². The predicted octanol–water partition coefficient (Wildman–Crippen LogP) is 1.24. The van der Waals surface area contributed by atoms with E-state index in [-0.39, 0.29) is 29.3 Å². The van der Waals surface area contributed by atoms with Gasteiger partial charge in [-0.05, 0) is 24.7 Å². The quantitative estimate of drug-likeness (QED) is 0.683. The molecule has 1 spiro atoms. The second-order valence-electron chi connectivity index (χ2n) is 5.03. The lowest BCUT2D eigenvalue weighted by Gasteiger charge is -2.46. The molecule has 0 aromatic rings. The molecule has 0 bridgehead atoms. The van der Waals surface area contributed by atoms with Crippen molar-refractivity contribution in [2.45, 2.75) is 45.6 Å². The third kappa shape index (κ3) is 1.86. The summed E-state index contributed by atoms with van der Waals surface area (Å²) in [6.45, 7) is 4.68. The molecule has 1 N–H and O–H groups in total. The van der Waals surface area contributed by atoms with E-state index in [1.807, 2.05) is 6.92 Å². The van der Waals surface area contributed by atoms with Gasteiger partial charge in [0.15, 0.2) is 0 Å². The zero-order valence-corrected chi connectivity index (χ0v) is 9.91. The molecule has 2 rings (SSSR count). The number of rotatable bonds is 1. The molecule has 3 unspecified atom stereocenters. The number of hydrogen-bond donors (Lipinski definition) is 1. The van der Waals surface area contributed by atoms with E-state index >= 15 is 0 Å². The SMILES string of the molecule is CCC1CC2(CCO1)CC(=O)NC(=O)C2C. The Morgan fingerprint density at radius 2 is 2.25 bits per heavy atom. The second kappa shape index (κ2) is 4.17. The van der Waals surface area contributed by atoms with Gasteiger partial charge < -0.3 is 4.74 Å². The van der Waals surface area contributed by atoms with Gasteiger partial charge in [-0.25, -0.2) is 0 Å². The maximum Gasteiger partial charge on any atom is 0.229 e. The Kier molecular flexibility index (Phi) is 3.02. The summed E-state index contributed by atoms with van der Waals surface area (Å²) in [5, 5.41) is 2.41. The van der Waals surface area contributed by atoms with Crippen molar-refractivity contribution in [2.75, 3.05) is 6.61 Å². The minimum Gasteiger partial charge on any atom is -0.378 e. The second-order valence-corrected chi connectivity index (χ2v) is 5.03. The van der Waals surface area contributed by atoms with E-state index < -0.39 is 0 Å². The number of amides is 2. The molecule has 2 fully saturated rings. The molecule has 2 saturated heterocycles. The largest absolute Gasteiger partial charge is 0.378 e. The van der Waals surface area contributed by atoms with Gasteiger partial charge in [0.1, 0.15) is 0 Å². The summed E-state index contributed by atoms with van der Waals surface area (Å²) in [4.78, 5) is 23.2. The molecule has 0 saturated carbocycles. The fourth-order valence-corrected chi connectivity index (χ4v) is 2.90. The van der Waals surface area contributed by atoms with Gasteiger partial charge in [-0.15, -0.1) is 0 Å². The van der Waals surface area contributed by atoms with Gasteiger partial charge in [-0.2, -0.15) is 0 Å². The molecule has 3 atom stereocenters. The highest BCUT2D eigenvalue weighted by molar-refractivity contribution is 5.99. The molecule has 0 aromatic heterocycles. The van der Waals surface area contributed by atoms with Gasteiger partial charge in [-0.1, -0.05) is 13.8 Å². The number of carbonyl (C=O) groups is 2. The Balaban J connectivity index is 2.20. The first-order valence-electron chi connectivity index (χ1n) is 6.03. The minimum atomic E-state index is -0.154. The van der Waals surface area contributed by atoms with E-state index in [0.29, 0.717) is 13.0 Å². The van der Waals surface area contributed by atoms with Crippen molar-refractivity contribution in [1.82, 2.24) is 5.32 Å². The van der Waals surface area contributed by atoms with E-state index in [2.05, 4.69) is 12.2 Å². The first-order chi connectivity index (χ1) is 7.57. The van der Waals surface area contributed by atoms with E-state index in [0.717, 1.165) is 19.3 Å². The van der Waals surface area contributed by atoms with Crippen molar-refractivity contribution in [3.63, 3.8) is 0 Å². The van der Waals surface area contributed by atoms with Crippen LogP contribution in [0.2, 0.25) is 0 Å². The summed E-state index contributed by atoms with van der Waals surface area (Å²) in [5.41, 5.74) is -0.154. The molecule has 2 heterocycles. The molecular weight excluding hydrogens is 206 g/mol. The summed E-state index contributed by atoms with van der Waals surface area (Å²) in [5.74, 6) is -0.323. The van der Waals surface area contributed by atoms with Gasteiger partial charge in [0.2, 0.25) is 11.8 Å². The van der Waals surface area contributed by atoms with Crippen LogP contribution in [-0.4, -0.2) is 24.5 Å². The molecule has 0 radical (unpaired) electrons. The van der Waals surface area contributed by atoms with Crippen LogP contribution in [0.5, 0.6) is 0 Å². The van der Waals surface area contributed by atoms with Gasteiger partial charge in [0.25, 0.3) is 0 Å². The normalized spacial score (nSPS) is 39.9. The summed E-state index contributed by atoms with van der Waals surface area (Å²) in [6, 6.07) is 0. The average Bonchev–Trinajstić information content (AvgIpc) is 2.26. The Morgan fingerprint density at radius 1 is 1.50 bits per heavy atom. The fourth-order valence-electron chi connectivity index (χ4n) is 2.90. The van der Waals surface area contributed by atoms with Gasteiger partial charge >= 0.3 is 0 Å². The summed E-state index contributed by atoms with van der Waals surface area (Å²) < 4.78 is 5.63. The molecule has 90 valence electrons. The van der Waals surface area contributed by atoms with Crippen molar-refractivity contribution >= 4 is 11.8 Å². The topological polar surface area (TPSA) is 55.4 Å². The summed E-state index contributed by atoms with van der Waals surface area (Å²) in [6.07, 6.45) is 3.28. The first kappa shape index (κ1) is 11.6. The van der Waals surface area contributed by atoms with Crippen LogP contribution in [0.3, 0.4) is 0 Å². The van der Waals surface area contributed by atoms with Crippen molar-refractivity contribution in [3.8, 4) is 0 Å². The molecular formula is C12H19NO3. The van der Waals surface area contributed by atoms with Gasteiger partial charge in [0.05, 0.1) is 6.10 Å². The van der Waals surface area contributed by atoms with Crippen LogP contribution < -0.4 is 5.32 Å². The zero-order chi connectivity index (χ0) is 11.8. The molecule has 2 aliphatic rings. The Morgan fingerprint density at radius 3 is 2.94 bits per heavy atom. The van der Waals surface area contributed by atoms with Gasteiger partial charge in [-0.3, -0.25) is 14.9 Å². The number of piperidine rings is 1. The lowest BCUT2D eigenvalue weighted by molar-refractivity contribution is -0.151. The van der Waals surface area contributed by atoms with E-state index in [1.165, 1.54) is 0 Å². The van der Waals surface area contributed by atoms with Crippen molar-refractivity contribution in [3.05, 3.63) is 0 Å². The van der Waals surface area contributed by atoms with E-state index in [9.17, 15) is 9.59 Å². The van der Waals surface area contributed by atoms with Crippen LogP contribution in [0.15, 0.2) is 0 Å². The number of nitrogens with one attached hydrogen (secondary N) is 1. The van der Waals surface area contributed by atoms with E-state index in [4.69, 9.17) is 4.74 Å². The molecule has 4 heteroatoms. The van der Waals surface area contributed by atoms with Crippen LogP contribution >= 0.6 is 0 Å². The van der Waals surface area contributed by atoms with E-state index in [1.54, 1.807) is 0 Å². The number of carbonyl (C=O) groups excluding carboxylic acids is 2. The highest BCUT2D eigenvalue weighted by Gasteiger charge is 2.48. The Bertz CT molecular complexity index is 315. The van der Waals surface area contributed by atoms with Crippen LogP contribution in [0.4, 0.5) is 0 Å². The number of ether oxygens (including phenoxy) is 1.